The maximum atomic E-state index is 5.83. The molecule has 1 saturated heterocycles. The highest BCUT2D eigenvalue weighted by atomic mass is 79.9. The van der Waals surface area contributed by atoms with Crippen molar-refractivity contribution in [2.24, 2.45) is 5.73 Å². The lowest BCUT2D eigenvalue weighted by molar-refractivity contribution is 0.233. The predicted molar refractivity (Wildman–Crippen MR) is 77.8 cm³/mol. The summed E-state index contributed by atoms with van der Waals surface area (Å²) in [6.45, 7) is 2.54. The molecule has 0 aliphatic carbocycles. The minimum Gasteiger partial charge on any atom is -0.493 e. The largest absolute Gasteiger partial charge is 0.493 e. The molecule has 0 amide bonds. The van der Waals surface area contributed by atoms with Gasteiger partial charge in [0.25, 0.3) is 0 Å². The highest BCUT2D eigenvalue weighted by molar-refractivity contribution is 9.10. The number of benzene rings is 1. The van der Waals surface area contributed by atoms with Crippen LogP contribution in [0.2, 0.25) is 0 Å². The van der Waals surface area contributed by atoms with Gasteiger partial charge in [-0.15, -0.1) is 0 Å². The van der Waals surface area contributed by atoms with Gasteiger partial charge in [-0.05, 0) is 56.6 Å². The molecule has 1 fully saturated rings. The monoisotopic (exact) mass is 312 g/mol. The Labute approximate surface area is 117 Å². The molecule has 0 spiro atoms. The number of hydrogen-bond donors (Lipinski definition) is 1. The first-order valence-electron chi connectivity index (χ1n) is 6.51. The molecule has 1 aromatic rings. The summed E-state index contributed by atoms with van der Waals surface area (Å²) >= 11 is 3.48. The first-order chi connectivity index (χ1) is 8.69. The minimum atomic E-state index is 0.543. The molecule has 3 nitrogen and oxygen atoms in total. The summed E-state index contributed by atoms with van der Waals surface area (Å²) in [7, 11) is 2.20. The molecular weight excluding hydrogens is 292 g/mol. The number of ether oxygens (including phenoxy) is 1. The molecule has 2 N–H and O–H groups in total. The molecule has 1 aliphatic rings. The van der Waals surface area contributed by atoms with Gasteiger partial charge in [-0.3, -0.25) is 0 Å². The molecule has 0 bridgehead atoms. The fourth-order valence-electron chi connectivity index (χ4n) is 2.48. The number of likely N-dealkylation sites (tertiary alicyclic amines) is 1. The molecule has 0 saturated carbocycles. The predicted octanol–water partition coefficient (Wildman–Crippen LogP) is 2.77. The average Bonchev–Trinajstić information content (AvgIpc) is 2.74. The third-order valence-corrected chi connectivity index (χ3v) is 4.02. The Bertz CT molecular complexity index is 397. The molecule has 0 radical (unpaired) electrons. The lowest BCUT2D eigenvalue weighted by Crippen LogP contribution is -2.26. The quantitative estimate of drug-likeness (QED) is 0.908. The van der Waals surface area contributed by atoms with Gasteiger partial charge in [0.05, 0.1) is 6.61 Å². The van der Waals surface area contributed by atoms with Gasteiger partial charge in [-0.1, -0.05) is 15.9 Å². The van der Waals surface area contributed by atoms with E-state index in [2.05, 4.69) is 27.9 Å². The summed E-state index contributed by atoms with van der Waals surface area (Å²) in [5.41, 5.74) is 6.75. The van der Waals surface area contributed by atoms with E-state index < -0.39 is 0 Å². The Hall–Kier alpha value is -0.580. The van der Waals surface area contributed by atoms with E-state index in [1.54, 1.807) is 0 Å². The summed E-state index contributed by atoms with van der Waals surface area (Å²) in [6.07, 6.45) is 3.71. The lowest BCUT2D eigenvalue weighted by atomic mass is 10.1. The fraction of sp³-hybridized carbons (Fsp3) is 0.571. The van der Waals surface area contributed by atoms with Crippen molar-refractivity contribution in [1.29, 1.82) is 0 Å². The zero-order valence-corrected chi connectivity index (χ0v) is 12.4. The van der Waals surface area contributed by atoms with Crippen LogP contribution in [-0.2, 0) is 6.54 Å². The van der Waals surface area contributed by atoms with Gasteiger partial charge in [-0.25, -0.2) is 0 Å². The van der Waals surface area contributed by atoms with Crippen molar-refractivity contribution in [2.75, 3.05) is 20.2 Å². The number of halogens is 1. The maximum Gasteiger partial charge on any atom is 0.120 e. The Balaban J connectivity index is 1.84. The van der Waals surface area contributed by atoms with Crippen LogP contribution >= 0.6 is 15.9 Å². The summed E-state index contributed by atoms with van der Waals surface area (Å²) in [5, 5.41) is 0. The SMILES string of the molecule is CN1CCCC1CCOc1cc(Br)cc(CN)c1. The second-order valence-corrected chi connectivity index (χ2v) is 5.83. The molecule has 1 atom stereocenters. The Morgan fingerprint density at radius 2 is 2.28 bits per heavy atom. The second-order valence-electron chi connectivity index (χ2n) is 4.91. The van der Waals surface area contributed by atoms with Gasteiger partial charge in [0.1, 0.15) is 5.75 Å². The van der Waals surface area contributed by atoms with Crippen LogP contribution in [0.5, 0.6) is 5.75 Å². The molecule has 1 unspecified atom stereocenters. The molecule has 1 heterocycles. The van der Waals surface area contributed by atoms with Crippen molar-refractivity contribution < 1.29 is 4.74 Å². The lowest BCUT2D eigenvalue weighted by Gasteiger charge is -2.19. The maximum absolute atomic E-state index is 5.83. The van der Waals surface area contributed by atoms with Gasteiger partial charge >= 0.3 is 0 Å². The van der Waals surface area contributed by atoms with E-state index in [0.717, 1.165) is 28.8 Å². The first-order valence-corrected chi connectivity index (χ1v) is 7.31. The summed E-state index contributed by atoms with van der Waals surface area (Å²) in [6, 6.07) is 6.73. The second kappa shape index (κ2) is 6.55. The highest BCUT2D eigenvalue weighted by Gasteiger charge is 2.20. The van der Waals surface area contributed by atoms with E-state index in [4.69, 9.17) is 10.5 Å². The number of nitrogens with two attached hydrogens (primary N) is 1. The van der Waals surface area contributed by atoms with E-state index in [-0.39, 0.29) is 0 Å². The van der Waals surface area contributed by atoms with Crippen molar-refractivity contribution in [3.05, 3.63) is 28.2 Å². The summed E-state index contributed by atoms with van der Waals surface area (Å²) < 4.78 is 6.85. The van der Waals surface area contributed by atoms with E-state index >= 15 is 0 Å². The molecule has 100 valence electrons. The standard InChI is InChI=1S/C14H21BrN2O/c1-17-5-2-3-13(17)4-6-18-14-8-11(10-16)7-12(15)9-14/h7-9,13H,2-6,10,16H2,1H3. The van der Waals surface area contributed by atoms with Gasteiger partial charge in [0.15, 0.2) is 0 Å². The third-order valence-electron chi connectivity index (χ3n) is 3.56. The van der Waals surface area contributed by atoms with Crippen LogP contribution in [0.25, 0.3) is 0 Å². The number of rotatable bonds is 5. The van der Waals surface area contributed by atoms with Crippen molar-refractivity contribution in [3.8, 4) is 5.75 Å². The smallest absolute Gasteiger partial charge is 0.120 e. The van der Waals surface area contributed by atoms with Gasteiger partial charge in [-0.2, -0.15) is 0 Å². The normalized spacial score (nSPS) is 20.3. The van der Waals surface area contributed by atoms with Crippen molar-refractivity contribution in [2.45, 2.75) is 31.8 Å². The zero-order chi connectivity index (χ0) is 13.0. The fourth-order valence-corrected chi connectivity index (χ4v) is 3.00. The van der Waals surface area contributed by atoms with Crippen molar-refractivity contribution in [1.82, 2.24) is 4.90 Å². The minimum absolute atomic E-state index is 0.543. The topological polar surface area (TPSA) is 38.5 Å². The highest BCUT2D eigenvalue weighted by Crippen LogP contribution is 2.23. The van der Waals surface area contributed by atoms with Crippen LogP contribution < -0.4 is 10.5 Å². The third kappa shape index (κ3) is 3.70. The van der Waals surface area contributed by atoms with Crippen LogP contribution in [0.3, 0.4) is 0 Å². The van der Waals surface area contributed by atoms with E-state index in [1.165, 1.54) is 19.4 Å². The zero-order valence-electron chi connectivity index (χ0n) is 10.9. The van der Waals surface area contributed by atoms with E-state index in [9.17, 15) is 0 Å². The van der Waals surface area contributed by atoms with Gasteiger partial charge < -0.3 is 15.4 Å². The Morgan fingerprint density at radius 3 is 2.94 bits per heavy atom. The molecule has 1 aromatic carbocycles. The van der Waals surface area contributed by atoms with Gasteiger partial charge in [0, 0.05) is 17.1 Å². The molecule has 2 rings (SSSR count). The average molecular weight is 313 g/mol. The number of nitrogens with zero attached hydrogens (tertiary/aromatic N) is 1. The van der Waals surface area contributed by atoms with Crippen LogP contribution in [0.4, 0.5) is 0 Å². The molecule has 1 aliphatic heterocycles. The summed E-state index contributed by atoms with van der Waals surface area (Å²) in [4.78, 5) is 2.43. The van der Waals surface area contributed by atoms with E-state index in [1.807, 2.05) is 18.2 Å². The van der Waals surface area contributed by atoms with Gasteiger partial charge in [0.2, 0.25) is 0 Å². The summed E-state index contributed by atoms with van der Waals surface area (Å²) in [5.74, 6) is 0.908. The van der Waals surface area contributed by atoms with Crippen LogP contribution in [0, 0.1) is 0 Å². The molecule has 4 heteroatoms. The number of hydrogen-bond acceptors (Lipinski definition) is 3. The van der Waals surface area contributed by atoms with Crippen LogP contribution in [0.15, 0.2) is 22.7 Å². The molecular formula is C14H21BrN2O. The van der Waals surface area contributed by atoms with E-state index in [0.29, 0.717) is 12.6 Å². The first kappa shape index (κ1) is 13.8. The Kier molecular flexibility index (Phi) is 5.03. The Morgan fingerprint density at radius 1 is 1.44 bits per heavy atom. The van der Waals surface area contributed by atoms with Crippen LogP contribution in [-0.4, -0.2) is 31.1 Å². The van der Waals surface area contributed by atoms with Crippen molar-refractivity contribution >= 4 is 15.9 Å². The molecule has 0 aromatic heterocycles. The van der Waals surface area contributed by atoms with Crippen LogP contribution in [0.1, 0.15) is 24.8 Å². The van der Waals surface area contributed by atoms with Crippen molar-refractivity contribution in [3.63, 3.8) is 0 Å². The molecule has 18 heavy (non-hydrogen) atoms.